The summed E-state index contributed by atoms with van der Waals surface area (Å²) in [6, 6.07) is 0. The van der Waals surface area contributed by atoms with Crippen LogP contribution in [0.1, 0.15) is 20.1 Å². The van der Waals surface area contributed by atoms with E-state index in [1.54, 1.807) is 0 Å². The van der Waals surface area contributed by atoms with Crippen LogP contribution in [0, 0.1) is 5.92 Å². The number of aliphatic hydroxyl groups is 3. The number of hydrogen-bond acceptors (Lipinski definition) is 8. The van der Waals surface area contributed by atoms with Gasteiger partial charge in [-0.1, -0.05) is 13.8 Å². The molecule has 6 N–H and O–H groups in total. The van der Waals surface area contributed by atoms with Gasteiger partial charge in [-0.25, -0.2) is 9.36 Å². The van der Waals surface area contributed by atoms with Crippen molar-refractivity contribution >= 4 is 17.1 Å². The second-order valence-corrected chi connectivity index (χ2v) is 6.51. The summed E-state index contributed by atoms with van der Waals surface area (Å²) in [6.45, 7) is 3.46. The standard InChI is InChI=1S/C14H21N5O6/c1-5(2)3-18-7-10(16-13(15)17-11(7)23)19(14(18)24)12-9(22)8(21)6(4-20)25-12/h5-6,8-9,12,20-22H,3-4H2,1-2H3,(H3,15,16,17,23). The van der Waals surface area contributed by atoms with E-state index in [9.17, 15) is 24.9 Å². The van der Waals surface area contributed by atoms with Crippen LogP contribution in [-0.4, -0.2) is 59.3 Å². The van der Waals surface area contributed by atoms with Crippen LogP contribution in [0.3, 0.4) is 0 Å². The number of aromatic amines is 1. The molecule has 1 fully saturated rings. The summed E-state index contributed by atoms with van der Waals surface area (Å²) in [5, 5.41) is 29.4. The Labute approximate surface area is 141 Å². The summed E-state index contributed by atoms with van der Waals surface area (Å²) in [4.78, 5) is 31.5. The highest BCUT2D eigenvalue weighted by Crippen LogP contribution is 2.30. The van der Waals surface area contributed by atoms with Crippen molar-refractivity contribution in [2.24, 2.45) is 5.92 Å². The molecule has 3 heterocycles. The van der Waals surface area contributed by atoms with E-state index in [4.69, 9.17) is 10.5 Å². The average Bonchev–Trinajstić information content (AvgIpc) is 2.95. The minimum absolute atomic E-state index is 0.00522. The number of fused-ring (bicyclic) bond motifs is 1. The highest BCUT2D eigenvalue weighted by molar-refractivity contribution is 5.71. The largest absolute Gasteiger partial charge is 0.394 e. The first-order valence-electron chi connectivity index (χ1n) is 7.89. The maximum atomic E-state index is 12.9. The van der Waals surface area contributed by atoms with Crippen LogP contribution in [0.25, 0.3) is 11.2 Å². The van der Waals surface area contributed by atoms with Crippen molar-refractivity contribution in [1.82, 2.24) is 19.1 Å². The van der Waals surface area contributed by atoms with Gasteiger partial charge in [0, 0.05) is 6.54 Å². The van der Waals surface area contributed by atoms with E-state index in [2.05, 4.69) is 9.97 Å². The van der Waals surface area contributed by atoms with Crippen molar-refractivity contribution in [3.8, 4) is 0 Å². The quantitative estimate of drug-likeness (QED) is 0.409. The maximum absolute atomic E-state index is 12.9. The summed E-state index contributed by atoms with van der Waals surface area (Å²) in [5.74, 6) is -0.140. The third-order valence-electron chi connectivity index (χ3n) is 4.15. The van der Waals surface area contributed by atoms with E-state index in [1.165, 1.54) is 4.57 Å². The number of rotatable bonds is 4. The molecule has 0 aromatic carbocycles. The number of anilines is 1. The predicted molar refractivity (Wildman–Crippen MR) is 86.9 cm³/mol. The molecule has 1 saturated heterocycles. The Morgan fingerprint density at radius 3 is 2.56 bits per heavy atom. The first-order chi connectivity index (χ1) is 11.8. The molecular formula is C14H21N5O6. The third-order valence-corrected chi connectivity index (χ3v) is 4.15. The van der Waals surface area contributed by atoms with Gasteiger partial charge in [-0.15, -0.1) is 0 Å². The van der Waals surface area contributed by atoms with Gasteiger partial charge in [-0.3, -0.25) is 14.3 Å². The molecule has 4 atom stereocenters. The van der Waals surface area contributed by atoms with Crippen molar-refractivity contribution in [3.63, 3.8) is 0 Å². The van der Waals surface area contributed by atoms with E-state index in [0.717, 1.165) is 4.57 Å². The van der Waals surface area contributed by atoms with Crippen molar-refractivity contribution in [3.05, 3.63) is 20.8 Å². The van der Waals surface area contributed by atoms with E-state index < -0.39 is 42.4 Å². The monoisotopic (exact) mass is 355 g/mol. The molecule has 0 aliphatic carbocycles. The highest BCUT2D eigenvalue weighted by atomic mass is 16.6. The number of ether oxygens (including phenoxy) is 1. The highest BCUT2D eigenvalue weighted by Gasteiger charge is 2.45. The van der Waals surface area contributed by atoms with Gasteiger partial charge in [0.25, 0.3) is 5.56 Å². The van der Waals surface area contributed by atoms with E-state index in [-0.39, 0.29) is 29.6 Å². The van der Waals surface area contributed by atoms with Crippen molar-refractivity contribution in [1.29, 1.82) is 0 Å². The summed E-state index contributed by atoms with van der Waals surface area (Å²) in [6.07, 6.45) is -5.22. The molecule has 11 heteroatoms. The fraction of sp³-hybridized carbons (Fsp3) is 0.643. The van der Waals surface area contributed by atoms with Gasteiger partial charge in [0.05, 0.1) is 6.61 Å². The Bertz CT molecular complexity index is 899. The first kappa shape index (κ1) is 17.6. The van der Waals surface area contributed by atoms with Crippen LogP contribution < -0.4 is 17.0 Å². The van der Waals surface area contributed by atoms with Gasteiger partial charge in [0.1, 0.15) is 18.3 Å². The number of nitrogen functional groups attached to an aromatic ring is 1. The van der Waals surface area contributed by atoms with E-state index in [1.807, 2.05) is 13.8 Å². The molecule has 0 radical (unpaired) electrons. The van der Waals surface area contributed by atoms with Crippen molar-refractivity contribution in [2.45, 2.75) is 44.9 Å². The Morgan fingerprint density at radius 2 is 2.00 bits per heavy atom. The smallest absolute Gasteiger partial charge is 0.332 e. The second kappa shape index (κ2) is 6.26. The van der Waals surface area contributed by atoms with Crippen LogP contribution in [0.2, 0.25) is 0 Å². The molecule has 0 bridgehead atoms. The van der Waals surface area contributed by atoms with Gasteiger partial charge in [-0.05, 0) is 5.92 Å². The minimum Gasteiger partial charge on any atom is -0.394 e. The first-order valence-corrected chi connectivity index (χ1v) is 7.89. The van der Waals surface area contributed by atoms with Crippen LogP contribution >= 0.6 is 0 Å². The molecular weight excluding hydrogens is 334 g/mol. The van der Waals surface area contributed by atoms with Crippen LogP contribution in [-0.2, 0) is 11.3 Å². The summed E-state index contributed by atoms with van der Waals surface area (Å²) < 4.78 is 7.64. The molecule has 2 aromatic heterocycles. The molecule has 4 unspecified atom stereocenters. The number of H-pyrrole nitrogens is 1. The number of aliphatic hydroxyl groups excluding tert-OH is 3. The van der Waals surface area contributed by atoms with Crippen LogP contribution in [0.15, 0.2) is 9.59 Å². The van der Waals surface area contributed by atoms with Gasteiger partial charge >= 0.3 is 5.69 Å². The molecule has 2 aromatic rings. The van der Waals surface area contributed by atoms with Gasteiger partial charge in [-0.2, -0.15) is 4.98 Å². The fourth-order valence-corrected chi connectivity index (χ4v) is 3.06. The Balaban J connectivity index is 2.27. The lowest BCUT2D eigenvalue weighted by Crippen LogP contribution is -2.36. The number of aromatic nitrogens is 4. The third kappa shape index (κ3) is 2.74. The molecule has 0 saturated carbocycles. The SMILES string of the molecule is CC(C)Cn1c(=O)n(C2OC(CO)C(O)C2O)c2nc(N)[nH]c(=O)c21. The Morgan fingerprint density at radius 1 is 1.32 bits per heavy atom. The Hall–Kier alpha value is -2.21. The molecule has 1 aliphatic rings. The molecule has 138 valence electrons. The van der Waals surface area contributed by atoms with Gasteiger partial charge in [0.2, 0.25) is 5.95 Å². The zero-order valence-electron chi connectivity index (χ0n) is 13.8. The topological polar surface area (TPSA) is 169 Å². The number of nitrogens with two attached hydrogens (primary N) is 1. The zero-order valence-corrected chi connectivity index (χ0v) is 13.8. The lowest BCUT2D eigenvalue weighted by Gasteiger charge is -2.15. The van der Waals surface area contributed by atoms with Gasteiger partial charge < -0.3 is 25.8 Å². The number of hydrogen-bond donors (Lipinski definition) is 5. The summed E-state index contributed by atoms with van der Waals surface area (Å²) in [5.41, 5.74) is 4.32. The molecule has 3 rings (SSSR count). The molecule has 25 heavy (non-hydrogen) atoms. The van der Waals surface area contributed by atoms with Crippen LogP contribution in [0.4, 0.5) is 5.95 Å². The number of nitrogens with zero attached hydrogens (tertiary/aromatic N) is 3. The van der Waals surface area contributed by atoms with Crippen molar-refractivity contribution < 1.29 is 20.1 Å². The molecule has 1 aliphatic heterocycles. The summed E-state index contributed by atoms with van der Waals surface area (Å²) in [7, 11) is 0. The molecule has 0 amide bonds. The normalized spacial score (nSPS) is 26.8. The number of nitrogens with one attached hydrogen (secondary N) is 1. The van der Waals surface area contributed by atoms with Gasteiger partial charge in [0.15, 0.2) is 17.4 Å². The number of imidazole rings is 1. The summed E-state index contributed by atoms with van der Waals surface area (Å²) >= 11 is 0. The Kier molecular flexibility index (Phi) is 4.41. The van der Waals surface area contributed by atoms with E-state index >= 15 is 0 Å². The lowest BCUT2D eigenvalue weighted by molar-refractivity contribution is -0.0528. The second-order valence-electron chi connectivity index (χ2n) is 6.51. The average molecular weight is 355 g/mol. The fourth-order valence-electron chi connectivity index (χ4n) is 3.06. The van der Waals surface area contributed by atoms with Crippen LogP contribution in [0.5, 0.6) is 0 Å². The van der Waals surface area contributed by atoms with Crippen molar-refractivity contribution in [2.75, 3.05) is 12.3 Å². The predicted octanol–water partition coefficient (Wildman–Crippen LogP) is -2.26. The lowest BCUT2D eigenvalue weighted by atomic mass is 10.1. The minimum atomic E-state index is -1.48. The molecule has 11 nitrogen and oxygen atoms in total. The maximum Gasteiger partial charge on any atom is 0.332 e. The van der Waals surface area contributed by atoms with E-state index in [0.29, 0.717) is 0 Å². The zero-order chi connectivity index (χ0) is 18.5. The molecule has 0 spiro atoms.